The molecule has 1 saturated carbocycles. The number of halogens is 1. The Morgan fingerprint density at radius 2 is 1.63 bits per heavy atom. The SMILES string of the molecule is COc1ccc(C[C@@H]2NC(=O)[C@@H](NC(=O)[C@@H]3CC[C@H](C)N3)Cc3ccc(cc3)OC[C@H](CC(C)C)NC(=O)CN(CC3CC3)C(=O)[C@@H](C)NC2=O)cc1.Cl. The van der Waals surface area contributed by atoms with Crippen molar-refractivity contribution in [1.82, 2.24) is 31.5 Å². The molecule has 0 unspecified atom stereocenters. The Balaban J connectivity index is 0.00000650. The fourth-order valence-corrected chi connectivity index (χ4v) is 6.93. The Kier molecular flexibility index (Phi) is 15.6. The standard InChI is InChI=1S/C40H56N6O7.ClH/c1-24(2)18-30-23-53-32-15-11-28(12-16-32)20-35(44-37(48)33-17-6-25(3)41-33)39(50)45-34(19-27-9-13-31(52-5)14-10-27)38(49)42-26(4)40(51)46(21-29-7-8-29)22-36(47)43-30;/h9-16,24-26,29-30,33-35,41H,6-8,17-23H2,1-5H3,(H,42,49)(H,43,47)(H,44,48)(H,45,50);1H/t25-,26+,30-,33-,34-,35-;/m0./s1. The highest BCUT2D eigenvalue weighted by Gasteiger charge is 2.35. The molecule has 2 aromatic carbocycles. The quantitative estimate of drug-likeness (QED) is 0.243. The molecule has 5 amide bonds. The smallest absolute Gasteiger partial charge is 0.245 e. The van der Waals surface area contributed by atoms with E-state index in [0.717, 1.165) is 30.4 Å². The maximum absolute atomic E-state index is 14.2. The van der Waals surface area contributed by atoms with Crippen LogP contribution in [0.15, 0.2) is 48.5 Å². The van der Waals surface area contributed by atoms with Crippen LogP contribution in [-0.2, 0) is 36.8 Å². The lowest BCUT2D eigenvalue weighted by Gasteiger charge is -2.29. The monoisotopic (exact) mass is 768 g/mol. The second-order valence-corrected chi connectivity index (χ2v) is 15.3. The van der Waals surface area contributed by atoms with E-state index in [0.29, 0.717) is 36.8 Å². The first kappa shape index (κ1) is 42.4. The predicted octanol–water partition coefficient (Wildman–Crippen LogP) is 2.68. The molecule has 54 heavy (non-hydrogen) atoms. The molecule has 3 aliphatic heterocycles. The highest BCUT2D eigenvalue weighted by Crippen LogP contribution is 2.30. The molecule has 296 valence electrons. The number of methoxy groups -OCH3 is 1. The first-order valence-corrected chi connectivity index (χ1v) is 19.0. The van der Waals surface area contributed by atoms with Gasteiger partial charge < -0.3 is 41.0 Å². The Morgan fingerprint density at radius 3 is 2.24 bits per heavy atom. The fraction of sp³-hybridized carbons (Fsp3) is 0.575. The molecule has 5 N–H and O–H groups in total. The molecule has 6 rings (SSSR count). The number of carbonyl (C=O) groups excluding carboxylic acids is 5. The van der Waals surface area contributed by atoms with Gasteiger partial charge in [0.1, 0.15) is 36.2 Å². The molecule has 0 radical (unpaired) electrons. The second kappa shape index (κ2) is 19.8. The zero-order chi connectivity index (χ0) is 38.1. The third kappa shape index (κ3) is 12.6. The van der Waals surface area contributed by atoms with Crippen LogP contribution in [0.1, 0.15) is 70.9 Å². The summed E-state index contributed by atoms with van der Waals surface area (Å²) in [6, 6.07) is 10.8. The Morgan fingerprint density at radius 1 is 0.926 bits per heavy atom. The van der Waals surface area contributed by atoms with Crippen LogP contribution in [0, 0.1) is 11.8 Å². The van der Waals surface area contributed by atoms with E-state index in [4.69, 9.17) is 9.47 Å². The fourth-order valence-electron chi connectivity index (χ4n) is 6.93. The summed E-state index contributed by atoms with van der Waals surface area (Å²) in [4.78, 5) is 70.4. The molecular weight excluding hydrogens is 712 g/mol. The molecule has 1 aliphatic carbocycles. The highest BCUT2D eigenvalue weighted by atomic mass is 35.5. The van der Waals surface area contributed by atoms with Gasteiger partial charge in [-0.05, 0) is 93.2 Å². The van der Waals surface area contributed by atoms with Crippen LogP contribution >= 0.6 is 12.4 Å². The van der Waals surface area contributed by atoms with E-state index >= 15 is 0 Å². The predicted molar refractivity (Wildman–Crippen MR) is 207 cm³/mol. The summed E-state index contributed by atoms with van der Waals surface area (Å²) in [5.74, 6) is -0.241. The average Bonchev–Trinajstić information content (AvgIpc) is 3.84. The zero-order valence-electron chi connectivity index (χ0n) is 32.0. The molecule has 1 saturated heterocycles. The highest BCUT2D eigenvalue weighted by molar-refractivity contribution is 5.95. The van der Waals surface area contributed by atoms with Crippen LogP contribution in [0.4, 0.5) is 0 Å². The molecule has 0 spiro atoms. The van der Waals surface area contributed by atoms with Gasteiger partial charge in [-0.2, -0.15) is 0 Å². The number of hydrogen-bond acceptors (Lipinski definition) is 8. The van der Waals surface area contributed by atoms with Gasteiger partial charge in [0.2, 0.25) is 29.5 Å². The summed E-state index contributed by atoms with van der Waals surface area (Å²) < 4.78 is 11.4. The van der Waals surface area contributed by atoms with Gasteiger partial charge >= 0.3 is 0 Å². The van der Waals surface area contributed by atoms with Gasteiger partial charge in [0.15, 0.2) is 0 Å². The van der Waals surface area contributed by atoms with E-state index in [1.807, 2.05) is 31.2 Å². The van der Waals surface area contributed by atoms with Crippen molar-refractivity contribution in [2.45, 2.75) is 109 Å². The average molecular weight is 769 g/mol. The van der Waals surface area contributed by atoms with Crippen molar-refractivity contribution in [3.63, 3.8) is 0 Å². The Hall–Kier alpha value is -4.36. The zero-order valence-corrected chi connectivity index (χ0v) is 32.8. The third-order valence-corrected chi connectivity index (χ3v) is 10.0. The summed E-state index contributed by atoms with van der Waals surface area (Å²) in [5, 5.41) is 15.0. The van der Waals surface area contributed by atoms with Crippen LogP contribution in [0.25, 0.3) is 0 Å². The van der Waals surface area contributed by atoms with Crippen molar-refractivity contribution in [2.75, 3.05) is 26.8 Å². The summed E-state index contributed by atoms with van der Waals surface area (Å²) in [6.45, 7) is 8.24. The van der Waals surface area contributed by atoms with Crippen molar-refractivity contribution in [3.05, 3.63) is 59.7 Å². The second-order valence-electron chi connectivity index (χ2n) is 15.3. The van der Waals surface area contributed by atoms with Crippen LogP contribution < -0.4 is 36.1 Å². The number of hydrogen-bond donors (Lipinski definition) is 5. The van der Waals surface area contributed by atoms with Gasteiger partial charge in [-0.15, -0.1) is 12.4 Å². The minimum Gasteiger partial charge on any atom is -0.497 e. The lowest BCUT2D eigenvalue weighted by atomic mass is 10.0. The maximum atomic E-state index is 14.2. The minimum atomic E-state index is -1.09. The summed E-state index contributed by atoms with van der Waals surface area (Å²) >= 11 is 0. The number of ether oxygens (including phenoxy) is 2. The van der Waals surface area contributed by atoms with E-state index in [1.54, 1.807) is 38.3 Å². The topological polar surface area (TPSA) is 167 Å². The van der Waals surface area contributed by atoms with Gasteiger partial charge in [-0.1, -0.05) is 38.1 Å². The normalized spacial score (nSPS) is 25.9. The molecule has 14 heteroatoms. The first-order valence-electron chi connectivity index (χ1n) is 19.0. The number of carbonyl (C=O) groups is 5. The van der Waals surface area contributed by atoms with Gasteiger partial charge in [-0.3, -0.25) is 24.0 Å². The van der Waals surface area contributed by atoms with Crippen LogP contribution in [-0.4, -0.2) is 97.5 Å². The van der Waals surface area contributed by atoms with E-state index < -0.39 is 36.0 Å². The lowest BCUT2D eigenvalue weighted by Crippen LogP contribution is -2.59. The van der Waals surface area contributed by atoms with Gasteiger partial charge in [0, 0.05) is 25.4 Å². The van der Waals surface area contributed by atoms with E-state index in [9.17, 15) is 24.0 Å². The molecular formula is C40H57ClN6O7. The molecule has 2 aromatic rings. The van der Waals surface area contributed by atoms with Crippen molar-refractivity contribution >= 4 is 41.9 Å². The van der Waals surface area contributed by atoms with E-state index in [-0.39, 0.29) is 74.1 Å². The van der Waals surface area contributed by atoms with Crippen molar-refractivity contribution in [3.8, 4) is 11.5 Å². The number of fused-ring (bicyclic) bond motifs is 17. The molecule has 0 aromatic heterocycles. The summed E-state index contributed by atoms with van der Waals surface area (Å²) in [5.41, 5.74) is 1.53. The van der Waals surface area contributed by atoms with Crippen LogP contribution in [0.2, 0.25) is 0 Å². The summed E-state index contributed by atoms with van der Waals surface area (Å²) in [7, 11) is 1.56. The Bertz CT molecular complexity index is 1590. The minimum absolute atomic E-state index is 0. The Labute approximate surface area is 324 Å². The van der Waals surface area contributed by atoms with Crippen LogP contribution in [0.5, 0.6) is 11.5 Å². The molecule has 13 nitrogen and oxygen atoms in total. The van der Waals surface area contributed by atoms with Gasteiger partial charge in [0.05, 0.1) is 25.7 Å². The molecule has 2 fully saturated rings. The maximum Gasteiger partial charge on any atom is 0.245 e. The van der Waals surface area contributed by atoms with E-state index in [1.165, 1.54) is 4.90 Å². The van der Waals surface area contributed by atoms with Crippen molar-refractivity contribution in [1.29, 1.82) is 0 Å². The molecule has 3 heterocycles. The molecule has 2 bridgehead atoms. The lowest BCUT2D eigenvalue weighted by molar-refractivity contribution is -0.140. The first-order chi connectivity index (χ1) is 25.4. The van der Waals surface area contributed by atoms with Crippen molar-refractivity contribution in [2.24, 2.45) is 11.8 Å². The number of nitrogens with zero attached hydrogens (tertiary/aromatic N) is 1. The number of rotatable bonds is 9. The number of nitrogens with one attached hydrogen (secondary N) is 5. The number of benzene rings is 2. The third-order valence-electron chi connectivity index (χ3n) is 10.0. The summed E-state index contributed by atoms with van der Waals surface area (Å²) in [6.07, 6.45) is 4.38. The van der Waals surface area contributed by atoms with Gasteiger partial charge in [0.25, 0.3) is 0 Å². The number of amides is 5. The van der Waals surface area contributed by atoms with Crippen molar-refractivity contribution < 1.29 is 33.4 Å². The van der Waals surface area contributed by atoms with Gasteiger partial charge in [-0.25, -0.2) is 0 Å². The van der Waals surface area contributed by atoms with E-state index in [2.05, 4.69) is 40.4 Å². The molecule has 4 aliphatic rings. The van der Waals surface area contributed by atoms with Crippen LogP contribution in [0.3, 0.4) is 0 Å². The molecule has 6 atom stereocenters. The largest absolute Gasteiger partial charge is 0.497 e.